The number of nitrogens with one attached hydrogen (secondary N) is 1. The van der Waals surface area contributed by atoms with Gasteiger partial charge >= 0.3 is 0 Å². The van der Waals surface area contributed by atoms with Gasteiger partial charge < -0.3 is 5.32 Å². The quantitative estimate of drug-likeness (QED) is 0.894. The van der Waals surface area contributed by atoms with Gasteiger partial charge in [-0.3, -0.25) is 0 Å². The Balaban J connectivity index is 1.77. The first-order valence-corrected chi connectivity index (χ1v) is 7.03. The van der Waals surface area contributed by atoms with E-state index in [2.05, 4.69) is 41.4 Å². The second-order valence-electron chi connectivity index (χ2n) is 5.19. The van der Waals surface area contributed by atoms with Crippen LogP contribution in [0.2, 0.25) is 0 Å². The van der Waals surface area contributed by atoms with Crippen molar-refractivity contribution in [1.82, 2.24) is 20.1 Å². The van der Waals surface area contributed by atoms with E-state index in [-0.39, 0.29) is 0 Å². The fourth-order valence-electron chi connectivity index (χ4n) is 2.28. The molecule has 0 aromatic carbocycles. The van der Waals surface area contributed by atoms with Crippen molar-refractivity contribution in [3.63, 3.8) is 0 Å². The summed E-state index contributed by atoms with van der Waals surface area (Å²) in [6.07, 6.45) is 6.50. The summed E-state index contributed by atoms with van der Waals surface area (Å²) >= 11 is 0. The van der Waals surface area contributed by atoms with Crippen LogP contribution in [0.3, 0.4) is 0 Å². The van der Waals surface area contributed by atoms with E-state index in [4.69, 9.17) is 0 Å². The molecule has 4 nitrogen and oxygen atoms in total. The topological polar surface area (TPSA) is 42.7 Å². The van der Waals surface area contributed by atoms with Gasteiger partial charge in [0, 0.05) is 24.4 Å². The Bertz CT molecular complexity index is 540. The molecule has 19 heavy (non-hydrogen) atoms. The Kier molecular flexibility index (Phi) is 3.34. The SMILES string of the molecule is CCNC(C)c1ccc(-n2ccc(C3CC3)n2)nc1. The molecule has 3 rings (SSSR count). The molecule has 1 N–H and O–H groups in total. The summed E-state index contributed by atoms with van der Waals surface area (Å²) in [6, 6.07) is 6.60. The second-order valence-corrected chi connectivity index (χ2v) is 5.19. The van der Waals surface area contributed by atoms with Crippen molar-refractivity contribution in [2.24, 2.45) is 0 Å². The molecule has 1 unspecified atom stereocenters. The average Bonchev–Trinajstić information content (AvgIpc) is 3.17. The minimum Gasteiger partial charge on any atom is -0.310 e. The van der Waals surface area contributed by atoms with Crippen LogP contribution in [0.15, 0.2) is 30.6 Å². The van der Waals surface area contributed by atoms with Gasteiger partial charge in [0.15, 0.2) is 5.82 Å². The van der Waals surface area contributed by atoms with E-state index >= 15 is 0 Å². The van der Waals surface area contributed by atoms with Crippen LogP contribution >= 0.6 is 0 Å². The van der Waals surface area contributed by atoms with E-state index < -0.39 is 0 Å². The standard InChI is InChI=1S/C15H20N4/c1-3-16-11(2)13-6-7-15(17-10-13)19-9-8-14(18-19)12-4-5-12/h6-12,16H,3-5H2,1-2H3. The number of aromatic nitrogens is 3. The van der Waals surface area contributed by atoms with Gasteiger partial charge in [0.05, 0.1) is 5.69 Å². The summed E-state index contributed by atoms with van der Waals surface area (Å²) in [5, 5.41) is 7.98. The molecule has 0 aliphatic heterocycles. The van der Waals surface area contributed by atoms with Crippen molar-refractivity contribution in [1.29, 1.82) is 0 Å². The summed E-state index contributed by atoms with van der Waals surface area (Å²) in [5.41, 5.74) is 2.41. The monoisotopic (exact) mass is 256 g/mol. The minimum atomic E-state index is 0.339. The van der Waals surface area contributed by atoms with Gasteiger partial charge in [-0.05, 0) is 44.0 Å². The molecule has 1 aliphatic rings. The molecule has 4 heteroatoms. The summed E-state index contributed by atoms with van der Waals surface area (Å²) < 4.78 is 1.87. The van der Waals surface area contributed by atoms with Crippen LogP contribution < -0.4 is 5.32 Å². The Labute approximate surface area is 113 Å². The van der Waals surface area contributed by atoms with Crippen molar-refractivity contribution < 1.29 is 0 Å². The summed E-state index contributed by atoms with van der Waals surface area (Å²) in [6.45, 7) is 5.23. The van der Waals surface area contributed by atoms with Crippen LogP contribution in [0.4, 0.5) is 0 Å². The van der Waals surface area contributed by atoms with Crippen molar-refractivity contribution in [3.05, 3.63) is 41.9 Å². The predicted octanol–water partition coefficient (Wildman–Crippen LogP) is 2.82. The Morgan fingerprint density at radius 2 is 2.21 bits per heavy atom. The third-order valence-electron chi connectivity index (χ3n) is 3.62. The second kappa shape index (κ2) is 5.13. The van der Waals surface area contributed by atoms with Gasteiger partial charge in [-0.1, -0.05) is 13.0 Å². The molecule has 0 amide bonds. The zero-order valence-electron chi connectivity index (χ0n) is 11.5. The lowest BCUT2D eigenvalue weighted by molar-refractivity contribution is 0.595. The molecule has 2 heterocycles. The molecule has 2 aromatic heterocycles. The molecule has 1 fully saturated rings. The number of hydrogen-bond acceptors (Lipinski definition) is 3. The smallest absolute Gasteiger partial charge is 0.153 e. The fourth-order valence-corrected chi connectivity index (χ4v) is 2.28. The fraction of sp³-hybridized carbons (Fsp3) is 0.467. The molecular formula is C15H20N4. The Morgan fingerprint density at radius 3 is 2.84 bits per heavy atom. The molecule has 0 spiro atoms. The summed E-state index contributed by atoms with van der Waals surface area (Å²) in [4.78, 5) is 4.51. The number of pyridine rings is 1. The van der Waals surface area contributed by atoms with Crippen LogP contribution in [-0.4, -0.2) is 21.3 Å². The normalized spacial score (nSPS) is 16.5. The molecule has 100 valence electrons. The zero-order valence-corrected chi connectivity index (χ0v) is 11.5. The molecule has 1 saturated carbocycles. The zero-order chi connectivity index (χ0) is 13.2. The largest absolute Gasteiger partial charge is 0.310 e. The summed E-state index contributed by atoms with van der Waals surface area (Å²) in [5.74, 6) is 1.58. The van der Waals surface area contributed by atoms with Crippen molar-refractivity contribution in [2.45, 2.75) is 38.6 Å². The summed E-state index contributed by atoms with van der Waals surface area (Å²) in [7, 11) is 0. The maximum absolute atomic E-state index is 4.59. The van der Waals surface area contributed by atoms with Crippen LogP contribution in [-0.2, 0) is 0 Å². The van der Waals surface area contributed by atoms with Crippen molar-refractivity contribution in [2.75, 3.05) is 6.54 Å². The highest BCUT2D eigenvalue weighted by Gasteiger charge is 2.25. The van der Waals surface area contributed by atoms with Gasteiger partial charge in [-0.25, -0.2) is 9.67 Å². The van der Waals surface area contributed by atoms with Crippen LogP contribution in [0, 0.1) is 0 Å². The van der Waals surface area contributed by atoms with Gasteiger partial charge in [-0.15, -0.1) is 0 Å². The third kappa shape index (κ3) is 2.68. The average molecular weight is 256 g/mol. The van der Waals surface area contributed by atoms with Crippen LogP contribution in [0.5, 0.6) is 0 Å². The lowest BCUT2D eigenvalue weighted by Crippen LogP contribution is -2.17. The molecular weight excluding hydrogens is 236 g/mol. The number of rotatable bonds is 5. The van der Waals surface area contributed by atoms with Gasteiger partial charge in [-0.2, -0.15) is 5.10 Å². The lowest BCUT2D eigenvalue weighted by atomic mass is 10.1. The third-order valence-corrected chi connectivity index (χ3v) is 3.62. The highest BCUT2D eigenvalue weighted by Crippen LogP contribution is 2.38. The van der Waals surface area contributed by atoms with Crippen LogP contribution in [0.25, 0.3) is 5.82 Å². The van der Waals surface area contributed by atoms with Gasteiger partial charge in [0.1, 0.15) is 0 Å². The molecule has 2 aromatic rings. The van der Waals surface area contributed by atoms with Crippen LogP contribution in [0.1, 0.15) is 49.9 Å². The Morgan fingerprint density at radius 1 is 1.37 bits per heavy atom. The van der Waals surface area contributed by atoms with E-state index in [1.165, 1.54) is 24.1 Å². The minimum absolute atomic E-state index is 0.339. The molecule has 0 bridgehead atoms. The molecule has 0 radical (unpaired) electrons. The first-order chi connectivity index (χ1) is 9.28. The predicted molar refractivity (Wildman–Crippen MR) is 75.4 cm³/mol. The van der Waals surface area contributed by atoms with E-state index in [0.717, 1.165) is 12.4 Å². The maximum atomic E-state index is 4.59. The lowest BCUT2D eigenvalue weighted by Gasteiger charge is -2.12. The maximum Gasteiger partial charge on any atom is 0.153 e. The van der Waals surface area contributed by atoms with E-state index in [1.54, 1.807) is 0 Å². The van der Waals surface area contributed by atoms with E-state index in [1.807, 2.05) is 23.1 Å². The number of hydrogen-bond donors (Lipinski definition) is 1. The van der Waals surface area contributed by atoms with E-state index in [0.29, 0.717) is 12.0 Å². The molecule has 1 atom stereocenters. The highest BCUT2D eigenvalue weighted by molar-refractivity contribution is 5.27. The molecule has 1 aliphatic carbocycles. The number of nitrogens with zero attached hydrogens (tertiary/aromatic N) is 3. The van der Waals surface area contributed by atoms with Gasteiger partial charge in [0.25, 0.3) is 0 Å². The highest BCUT2D eigenvalue weighted by atomic mass is 15.3. The van der Waals surface area contributed by atoms with Crippen molar-refractivity contribution >= 4 is 0 Å². The molecule has 0 saturated heterocycles. The van der Waals surface area contributed by atoms with Crippen molar-refractivity contribution in [3.8, 4) is 5.82 Å². The Hall–Kier alpha value is -1.68. The first kappa shape index (κ1) is 12.4. The van der Waals surface area contributed by atoms with Gasteiger partial charge in [0.2, 0.25) is 0 Å². The van der Waals surface area contributed by atoms with E-state index in [9.17, 15) is 0 Å². The first-order valence-electron chi connectivity index (χ1n) is 7.03.